The lowest BCUT2D eigenvalue weighted by Gasteiger charge is -2.32. The van der Waals surface area contributed by atoms with Crippen molar-refractivity contribution in [3.05, 3.63) is 35.5 Å². The molecular weight excluding hydrogens is 282 g/mol. The number of hydrogen-bond acceptors (Lipinski definition) is 5. The molecule has 21 heavy (non-hydrogen) atoms. The lowest BCUT2D eigenvalue weighted by Crippen LogP contribution is -2.41. The van der Waals surface area contributed by atoms with Crippen molar-refractivity contribution in [2.24, 2.45) is 0 Å². The molecule has 0 aromatic carbocycles. The summed E-state index contributed by atoms with van der Waals surface area (Å²) in [5.74, 6) is 0. The highest BCUT2D eigenvalue weighted by Crippen LogP contribution is 2.27. The van der Waals surface area contributed by atoms with Gasteiger partial charge >= 0.3 is 0 Å². The van der Waals surface area contributed by atoms with Crippen LogP contribution in [0.3, 0.4) is 0 Å². The fourth-order valence-electron chi connectivity index (χ4n) is 2.80. The van der Waals surface area contributed by atoms with Crippen molar-refractivity contribution in [3.8, 4) is 10.7 Å². The molecule has 2 aromatic heterocycles. The highest BCUT2D eigenvalue weighted by Gasteiger charge is 2.28. The quantitative estimate of drug-likeness (QED) is 0.891. The Kier molecular flexibility index (Phi) is 4.63. The molecule has 3 rings (SSSR count). The first-order valence-corrected chi connectivity index (χ1v) is 8.36. The van der Waals surface area contributed by atoms with Gasteiger partial charge in [-0.2, -0.15) is 0 Å². The SMILES string of the molecule is OC1(CNCc2cnc(-c3ccccn3)s2)CCCCC1. The smallest absolute Gasteiger partial charge is 0.142 e. The van der Waals surface area contributed by atoms with Gasteiger partial charge in [0.25, 0.3) is 0 Å². The topological polar surface area (TPSA) is 58.0 Å². The second-order valence-corrected chi connectivity index (χ2v) is 6.85. The number of hydrogen-bond donors (Lipinski definition) is 2. The van der Waals surface area contributed by atoms with Crippen LogP contribution in [0.5, 0.6) is 0 Å². The Morgan fingerprint density at radius 2 is 2.05 bits per heavy atom. The van der Waals surface area contributed by atoms with Gasteiger partial charge in [0, 0.05) is 30.4 Å². The van der Waals surface area contributed by atoms with E-state index in [0.29, 0.717) is 6.54 Å². The van der Waals surface area contributed by atoms with Crippen molar-refractivity contribution < 1.29 is 5.11 Å². The van der Waals surface area contributed by atoms with E-state index < -0.39 is 5.60 Å². The van der Waals surface area contributed by atoms with Crippen LogP contribution in [0.2, 0.25) is 0 Å². The van der Waals surface area contributed by atoms with Crippen LogP contribution in [0.25, 0.3) is 10.7 Å². The van der Waals surface area contributed by atoms with E-state index >= 15 is 0 Å². The van der Waals surface area contributed by atoms with Crippen molar-refractivity contribution >= 4 is 11.3 Å². The molecule has 0 unspecified atom stereocenters. The average molecular weight is 303 g/mol. The zero-order chi connectivity index (χ0) is 14.5. The summed E-state index contributed by atoms with van der Waals surface area (Å²) in [6, 6.07) is 5.85. The van der Waals surface area contributed by atoms with E-state index in [1.165, 1.54) is 11.3 Å². The number of aromatic nitrogens is 2. The molecule has 0 radical (unpaired) electrons. The number of aliphatic hydroxyl groups is 1. The summed E-state index contributed by atoms with van der Waals surface area (Å²) in [5.41, 5.74) is 0.409. The summed E-state index contributed by atoms with van der Waals surface area (Å²) in [7, 11) is 0. The van der Waals surface area contributed by atoms with Gasteiger partial charge in [-0.05, 0) is 25.0 Å². The Hall–Kier alpha value is -1.30. The van der Waals surface area contributed by atoms with E-state index in [1.54, 1.807) is 17.5 Å². The van der Waals surface area contributed by atoms with E-state index in [9.17, 15) is 5.11 Å². The van der Waals surface area contributed by atoms with E-state index in [0.717, 1.165) is 42.9 Å². The van der Waals surface area contributed by atoms with Crippen molar-refractivity contribution in [1.82, 2.24) is 15.3 Å². The Morgan fingerprint density at radius 3 is 2.81 bits per heavy atom. The van der Waals surface area contributed by atoms with Crippen molar-refractivity contribution in [2.45, 2.75) is 44.2 Å². The van der Waals surface area contributed by atoms with E-state index in [4.69, 9.17) is 0 Å². The third-order valence-corrected chi connectivity index (χ3v) is 4.99. The van der Waals surface area contributed by atoms with Crippen LogP contribution in [0.1, 0.15) is 37.0 Å². The largest absolute Gasteiger partial charge is 0.389 e. The maximum Gasteiger partial charge on any atom is 0.142 e. The van der Waals surface area contributed by atoms with Gasteiger partial charge in [-0.25, -0.2) is 4.98 Å². The van der Waals surface area contributed by atoms with Gasteiger partial charge in [0.1, 0.15) is 5.01 Å². The van der Waals surface area contributed by atoms with Crippen molar-refractivity contribution in [3.63, 3.8) is 0 Å². The van der Waals surface area contributed by atoms with Crippen LogP contribution in [0.4, 0.5) is 0 Å². The standard InChI is InChI=1S/C16H21N3OS/c20-16(7-3-1-4-8-16)12-17-10-13-11-19-15(21-13)14-6-2-5-9-18-14/h2,5-6,9,11,17,20H,1,3-4,7-8,10,12H2. The number of nitrogens with zero attached hydrogens (tertiary/aromatic N) is 2. The zero-order valence-electron chi connectivity index (χ0n) is 12.1. The summed E-state index contributed by atoms with van der Waals surface area (Å²) < 4.78 is 0. The van der Waals surface area contributed by atoms with Crippen LogP contribution >= 0.6 is 11.3 Å². The summed E-state index contributed by atoms with van der Waals surface area (Å²) in [5, 5.41) is 14.8. The molecule has 0 spiro atoms. The molecule has 2 heterocycles. The van der Waals surface area contributed by atoms with Gasteiger partial charge in [-0.3, -0.25) is 4.98 Å². The van der Waals surface area contributed by atoms with Crippen LogP contribution in [-0.4, -0.2) is 27.2 Å². The number of nitrogens with one attached hydrogen (secondary N) is 1. The molecule has 0 bridgehead atoms. The summed E-state index contributed by atoms with van der Waals surface area (Å²) >= 11 is 1.65. The Bertz CT molecular complexity index is 564. The predicted molar refractivity (Wildman–Crippen MR) is 85.1 cm³/mol. The van der Waals surface area contributed by atoms with Crippen LogP contribution in [0, 0.1) is 0 Å². The van der Waals surface area contributed by atoms with Gasteiger partial charge in [0.15, 0.2) is 0 Å². The van der Waals surface area contributed by atoms with Crippen molar-refractivity contribution in [1.29, 1.82) is 0 Å². The predicted octanol–water partition coefficient (Wildman–Crippen LogP) is 2.99. The molecule has 4 nitrogen and oxygen atoms in total. The van der Waals surface area contributed by atoms with E-state index in [1.807, 2.05) is 24.4 Å². The minimum Gasteiger partial charge on any atom is -0.389 e. The zero-order valence-corrected chi connectivity index (χ0v) is 12.9. The first-order chi connectivity index (χ1) is 10.3. The third kappa shape index (κ3) is 3.87. The third-order valence-electron chi connectivity index (χ3n) is 3.98. The van der Waals surface area contributed by atoms with Crippen LogP contribution in [0.15, 0.2) is 30.6 Å². The molecule has 2 aromatic rings. The lowest BCUT2D eigenvalue weighted by atomic mass is 9.85. The van der Waals surface area contributed by atoms with Gasteiger partial charge in [0.2, 0.25) is 0 Å². The van der Waals surface area contributed by atoms with E-state index in [-0.39, 0.29) is 0 Å². The number of thiazole rings is 1. The highest BCUT2D eigenvalue weighted by atomic mass is 32.1. The highest BCUT2D eigenvalue weighted by molar-refractivity contribution is 7.14. The summed E-state index contributed by atoms with van der Waals surface area (Å²) in [6.45, 7) is 1.43. The maximum absolute atomic E-state index is 10.4. The fraction of sp³-hybridized carbons (Fsp3) is 0.500. The molecule has 0 aliphatic heterocycles. The minimum atomic E-state index is -0.507. The van der Waals surface area contributed by atoms with Gasteiger partial charge < -0.3 is 10.4 Å². The molecule has 1 saturated carbocycles. The number of pyridine rings is 1. The molecule has 2 N–H and O–H groups in total. The molecule has 1 fully saturated rings. The molecule has 5 heteroatoms. The second kappa shape index (κ2) is 6.64. The molecule has 0 atom stereocenters. The average Bonchev–Trinajstić information content (AvgIpc) is 2.98. The fourth-order valence-corrected chi connectivity index (χ4v) is 3.66. The van der Waals surface area contributed by atoms with Crippen molar-refractivity contribution in [2.75, 3.05) is 6.54 Å². The monoisotopic (exact) mass is 303 g/mol. The minimum absolute atomic E-state index is 0.507. The maximum atomic E-state index is 10.4. The molecule has 1 aliphatic rings. The molecule has 1 aliphatic carbocycles. The second-order valence-electron chi connectivity index (χ2n) is 5.74. The lowest BCUT2D eigenvalue weighted by molar-refractivity contribution is 0.00472. The van der Waals surface area contributed by atoms with Gasteiger partial charge in [-0.1, -0.05) is 25.3 Å². The molecule has 0 saturated heterocycles. The molecule has 112 valence electrons. The Balaban J connectivity index is 1.53. The van der Waals surface area contributed by atoms with Gasteiger partial charge in [0.05, 0.1) is 11.3 Å². The van der Waals surface area contributed by atoms with Crippen LogP contribution in [-0.2, 0) is 6.54 Å². The Labute approximate surface area is 129 Å². The van der Waals surface area contributed by atoms with Gasteiger partial charge in [-0.15, -0.1) is 11.3 Å². The first kappa shape index (κ1) is 14.6. The first-order valence-electron chi connectivity index (χ1n) is 7.54. The summed E-state index contributed by atoms with van der Waals surface area (Å²) in [6.07, 6.45) is 9.05. The summed E-state index contributed by atoms with van der Waals surface area (Å²) in [4.78, 5) is 9.91. The van der Waals surface area contributed by atoms with Crippen LogP contribution < -0.4 is 5.32 Å². The Morgan fingerprint density at radius 1 is 1.19 bits per heavy atom. The molecular formula is C16H21N3OS. The normalized spacial score (nSPS) is 17.8. The molecule has 0 amide bonds. The number of rotatable bonds is 5. The van der Waals surface area contributed by atoms with E-state index in [2.05, 4.69) is 15.3 Å².